The Balaban J connectivity index is 1.52. The summed E-state index contributed by atoms with van der Waals surface area (Å²) in [5, 5.41) is 16.8. The van der Waals surface area contributed by atoms with Crippen LogP contribution < -0.4 is 15.5 Å². The molecule has 1 atom stereocenters. The minimum Gasteiger partial charge on any atom is -0.378 e. The number of nitrogens with zero attached hydrogens (tertiary/aromatic N) is 2. The van der Waals surface area contributed by atoms with E-state index in [2.05, 4.69) is 10.6 Å². The Morgan fingerprint density at radius 2 is 1.90 bits per heavy atom. The first-order valence-corrected chi connectivity index (χ1v) is 9.64. The lowest BCUT2D eigenvalue weighted by Gasteiger charge is -2.20. The lowest BCUT2D eigenvalue weighted by Crippen LogP contribution is -2.35. The molecular weight excluding hydrogens is 372 g/mol. The quantitative estimate of drug-likeness (QED) is 0.406. The second-order valence-electron chi connectivity index (χ2n) is 6.88. The maximum atomic E-state index is 12.5. The van der Waals surface area contributed by atoms with Crippen molar-refractivity contribution in [3.8, 4) is 0 Å². The molecule has 2 aromatic carbocycles. The standard InChI is InChI=1S/C21H24N4O4/c1-2-15-7-3-5-9-18(15)24-14-16(13-20(24)26)21(27)23-12-11-22-17-8-4-6-10-19(17)25(28)29/h3-10,16,22H,2,11-14H2,1H3,(H,23,27). The topological polar surface area (TPSA) is 105 Å². The Labute approximate surface area is 169 Å². The Kier molecular flexibility index (Phi) is 6.43. The van der Waals surface area contributed by atoms with Crippen LogP contribution in [0.15, 0.2) is 48.5 Å². The number of amides is 2. The number of nitro groups is 1. The van der Waals surface area contributed by atoms with E-state index in [1.165, 1.54) is 6.07 Å². The highest BCUT2D eigenvalue weighted by Crippen LogP contribution is 2.28. The Morgan fingerprint density at radius 3 is 2.66 bits per heavy atom. The van der Waals surface area contributed by atoms with E-state index in [4.69, 9.17) is 0 Å². The van der Waals surface area contributed by atoms with Crippen molar-refractivity contribution in [1.29, 1.82) is 0 Å². The molecule has 8 heteroatoms. The minimum absolute atomic E-state index is 0.00884. The summed E-state index contributed by atoms with van der Waals surface area (Å²) in [4.78, 5) is 37.2. The Bertz CT molecular complexity index is 915. The number of nitro benzene ring substituents is 1. The van der Waals surface area contributed by atoms with Crippen molar-refractivity contribution >= 4 is 28.9 Å². The van der Waals surface area contributed by atoms with Gasteiger partial charge in [-0.3, -0.25) is 19.7 Å². The first kappa shape index (κ1) is 20.3. The van der Waals surface area contributed by atoms with Gasteiger partial charge in [0.15, 0.2) is 0 Å². The Hall–Kier alpha value is -3.42. The summed E-state index contributed by atoms with van der Waals surface area (Å²) in [7, 11) is 0. The van der Waals surface area contributed by atoms with Crippen LogP contribution in [0.2, 0.25) is 0 Å². The molecule has 1 fully saturated rings. The molecule has 2 amide bonds. The van der Waals surface area contributed by atoms with Gasteiger partial charge in [-0.15, -0.1) is 0 Å². The fourth-order valence-corrected chi connectivity index (χ4v) is 3.50. The van der Waals surface area contributed by atoms with Gasteiger partial charge in [-0.2, -0.15) is 0 Å². The number of benzene rings is 2. The smallest absolute Gasteiger partial charge is 0.292 e. The third-order valence-electron chi connectivity index (χ3n) is 5.00. The molecule has 0 radical (unpaired) electrons. The zero-order valence-electron chi connectivity index (χ0n) is 16.3. The lowest BCUT2D eigenvalue weighted by atomic mass is 10.1. The number of nitrogens with one attached hydrogen (secondary N) is 2. The molecule has 2 N–H and O–H groups in total. The van der Waals surface area contributed by atoms with Crippen molar-refractivity contribution in [2.45, 2.75) is 19.8 Å². The highest BCUT2D eigenvalue weighted by molar-refractivity contribution is 6.00. The van der Waals surface area contributed by atoms with Gasteiger partial charge in [0.2, 0.25) is 11.8 Å². The van der Waals surface area contributed by atoms with Crippen LogP contribution in [-0.4, -0.2) is 36.4 Å². The van der Waals surface area contributed by atoms with Gasteiger partial charge in [0.05, 0.1) is 10.8 Å². The number of hydrogen-bond acceptors (Lipinski definition) is 5. The van der Waals surface area contributed by atoms with E-state index in [1.54, 1.807) is 23.1 Å². The number of hydrogen-bond donors (Lipinski definition) is 2. The van der Waals surface area contributed by atoms with Crippen molar-refractivity contribution in [2.75, 3.05) is 29.9 Å². The van der Waals surface area contributed by atoms with Crippen molar-refractivity contribution in [1.82, 2.24) is 5.32 Å². The summed E-state index contributed by atoms with van der Waals surface area (Å²) in [6, 6.07) is 14.1. The third kappa shape index (κ3) is 4.71. The third-order valence-corrected chi connectivity index (χ3v) is 5.00. The predicted molar refractivity (Wildman–Crippen MR) is 111 cm³/mol. The molecule has 0 aromatic heterocycles. The molecule has 1 aliphatic rings. The van der Waals surface area contributed by atoms with E-state index in [0.717, 1.165) is 17.7 Å². The van der Waals surface area contributed by atoms with Crippen molar-refractivity contribution in [2.24, 2.45) is 5.92 Å². The molecule has 0 bridgehead atoms. The number of rotatable bonds is 8. The minimum atomic E-state index is -0.451. The van der Waals surface area contributed by atoms with Gasteiger partial charge in [0.1, 0.15) is 5.69 Å². The summed E-state index contributed by atoms with van der Waals surface area (Å²) >= 11 is 0. The highest BCUT2D eigenvalue weighted by atomic mass is 16.6. The predicted octanol–water partition coefficient (Wildman–Crippen LogP) is 2.74. The Morgan fingerprint density at radius 1 is 1.17 bits per heavy atom. The van der Waals surface area contributed by atoms with Gasteiger partial charge < -0.3 is 15.5 Å². The van der Waals surface area contributed by atoms with E-state index in [1.807, 2.05) is 31.2 Å². The van der Waals surface area contributed by atoms with Gasteiger partial charge in [-0.25, -0.2) is 0 Å². The lowest BCUT2D eigenvalue weighted by molar-refractivity contribution is -0.384. The zero-order valence-corrected chi connectivity index (χ0v) is 16.3. The number of anilines is 2. The molecule has 0 spiro atoms. The van der Waals surface area contributed by atoms with Crippen LogP contribution >= 0.6 is 0 Å². The first-order chi connectivity index (χ1) is 14.0. The van der Waals surface area contributed by atoms with Gasteiger partial charge >= 0.3 is 0 Å². The first-order valence-electron chi connectivity index (χ1n) is 9.64. The molecule has 0 aliphatic carbocycles. The molecule has 1 saturated heterocycles. The van der Waals surface area contributed by atoms with Crippen LogP contribution in [0.1, 0.15) is 18.9 Å². The second-order valence-corrected chi connectivity index (χ2v) is 6.88. The molecule has 8 nitrogen and oxygen atoms in total. The van der Waals surface area contributed by atoms with Crippen LogP contribution in [0.3, 0.4) is 0 Å². The molecule has 1 unspecified atom stereocenters. The average molecular weight is 396 g/mol. The number of aryl methyl sites for hydroxylation is 1. The maximum absolute atomic E-state index is 12.5. The normalized spacial score (nSPS) is 16.0. The molecule has 3 rings (SSSR count). The van der Waals surface area contributed by atoms with Crippen molar-refractivity contribution in [3.05, 3.63) is 64.2 Å². The summed E-state index contributed by atoms with van der Waals surface area (Å²) in [6.45, 7) is 3.05. The number of para-hydroxylation sites is 3. The molecule has 1 heterocycles. The van der Waals surface area contributed by atoms with E-state index in [-0.39, 0.29) is 23.9 Å². The largest absolute Gasteiger partial charge is 0.378 e. The molecule has 152 valence electrons. The highest BCUT2D eigenvalue weighted by Gasteiger charge is 2.35. The molecule has 1 aliphatic heterocycles. The molecule has 29 heavy (non-hydrogen) atoms. The van der Waals surface area contributed by atoms with E-state index in [0.29, 0.717) is 25.3 Å². The van der Waals surface area contributed by atoms with E-state index in [9.17, 15) is 19.7 Å². The number of carbonyl (C=O) groups is 2. The monoisotopic (exact) mass is 396 g/mol. The summed E-state index contributed by atoms with van der Waals surface area (Å²) in [5.41, 5.74) is 2.35. The maximum Gasteiger partial charge on any atom is 0.292 e. The van der Waals surface area contributed by atoms with E-state index < -0.39 is 10.8 Å². The van der Waals surface area contributed by atoms with Gasteiger partial charge in [-0.1, -0.05) is 37.3 Å². The molecule has 2 aromatic rings. The van der Waals surface area contributed by atoms with Crippen LogP contribution in [0.4, 0.5) is 17.1 Å². The fraction of sp³-hybridized carbons (Fsp3) is 0.333. The second kappa shape index (κ2) is 9.18. The molecular formula is C21H24N4O4. The zero-order chi connectivity index (χ0) is 20.8. The van der Waals surface area contributed by atoms with Crippen molar-refractivity contribution < 1.29 is 14.5 Å². The van der Waals surface area contributed by atoms with Gasteiger partial charge in [0.25, 0.3) is 5.69 Å². The van der Waals surface area contributed by atoms with Crippen molar-refractivity contribution in [3.63, 3.8) is 0 Å². The van der Waals surface area contributed by atoms with Crippen LogP contribution in [-0.2, 0) is 16.0 Å². The fourth-order valence-electron chi connectivity index (χ4n) is 3.50. The molecule has 0 saturated carbocycles. The van der Waals surface area contributed by atoms with E-state index >= 15 is 0 Å². The summed E-state index contributed by atoms with van der Waals surface area (Å²) in [5.74, 6) is -0.637. The van der Waals surface area contributed by atoms with Gasteiger partial charge in [0, 0.05) is 37.8 Å². The SMILES string of the molecule is CCc1ccccc1N1CC(C(=O)NCCNc2ccccc2[N+](=O)[O-])CC1=O. The summed E-state index contributed by atoms with van der Waals surface area (Å²) < 4.78 is 0. The average Bonchev–Trinajstić information content (AvgIpc) is 3.12. The van der Waals surface area contributed by atoms with Crippen LogP contribution in [0, 0.1) is 16.0 Å². The van der Waals surface area contributed by atoms with Crippen LogP contribution in [0.5, 0.6) is 0 Å². The van der Waals surface area contributed by atoms with Crippen LogP contribution in [0.25, 0.3) is 0 Å². The number of carbonyl (C=O) groups excluding carboxylic acids is 2. The summed E-state index contributed by atoms with van der Waals surface area (Å²) in [6.07, 6.45) is 0.996. The van der Waals surface area contributed by atoms with Gasteiger partial charge in [-0.05, 0) is 24.1 Å².